The predicted molar refractivity (Wildman–Crippen MR) is 34.6 cm³/mol. The summed E-state index contributed by atoms with van der Waals surface area (Å²) in [6.45, 7) is 3.78. The molecule has 0 aliphatic heterocycles. The molecule has 0 spiro atoms. The zero-order chi connectivity index (χ0) is 7.28. The fraction of sp³-hybridized carbons (Fsp3) is 0.833. The molecule has 0 aliphatic rings. The number of hydrogen-bond acceptors (Lipinski definition) is 3. The third kappa shape index (κ3) is 3.08. The minimum Gasteiger partial charge on any atom is -0.371 e. The Hall–Kier alpha value is -0.570. The van der Waals surface area contributed by atoms with Crippen LogP contribution in [-0.2, 0) is 9.63 Å². The molecule has 0 heterocycles. The Morgan fingerprint density at radius 1 is 1.78 bits per heavy atom. The van der Waals surface area contributed by atoms with Crippen LogP contribution in [0.15, 0.2) is 0 Å². The molecule has 0 fully saturated rings. The van der Waals surface area contributed by atoms with Gasteiger partial charge in [0.15, 0.2) is 0 Å². The molecule has 0 amide bonds. The van der Waals surface area contributed by atoms with Crippen LogP contribution in [0.5, 0.6) is 0 Å². The third-order valence-electron chi connectivity index (χ3n) is 1.22. The van der Waals surface area contributed by atoms with Crippen molar-refractivity contribution >= 4 is 5.97 Å². The van der Waals surface area contributed by atoms with Crippen LogP contribution in [-0.4, -0.2) is 13.0 Å². The molecule has 0 saturated heterocycles. The Balaban J connectivity index is 3.46. The van der Waals surface area contributed by atoms with Crippen LogP contribution in [0.4, 0.5) is 0 Å². The molecular weight excluding hydrogens is 118 g/mol. The number of hydroxylamine groups is 1. The summed E-state index contributed by atoms with van der Waals surface area (Å²) in [6, 6.07) is 0. The van der Waals surface area contributed by atoms with Gasteiger partial charge in [-0.25, -0.2) is 0 Å². The number of carbonyl (C=O) groups is 1. The van der Waals surface area contributed by atoms with Gasteiger partial charge in [0.1, 0.15) is 0 Å². The highest BCUT2D eigenvalue weighted by Crippen LogP contribution is 2.00. The third-order valence-corrected chi connectivity index (χ3v) is 1.22. The second-order valence-electron chi connectivity index (χ2n) is 1.93. The normalized spacial score (nSPS) is 12.8. The monoisotopic (exact) mass is 131 g/mol. The van der Waals surface area contributed by atoms with E-state index in [0.29, 0.717) is 0 Å². The molecule has 54 valence electrons. The van der Waals surface area contributed by atoms with E-state index in [4.69, 9.17) is 0 Å². The maximum absolute atomic E-state index is 10.7. The number of rotatable bonds is 3. The summed E-state index contributed by atoms with van der Waals surface area (Å²) in [7, 11) is 1.57. The van der Waals surface area contributed by atoms with Crippen LogP contribution in [0.3, 0.4) is 0 Å². The van der Waals surface area contributed by atoms with Gasteiger partial charge in [0.25, 0.3) is 0 Å². The first-order valence-corrected chi connectivity index (χ1v) is 3.09. The molecule has 0 bridgehead atoms. The molecule has 0 rings (SSSR count). The van der Waals surface area contributed by atoms with E-state index in [1.165, 1.54) is 0 Å². The van der Waals surface area contributed by atoms with E-state index in [1.54, 1.807) is 7.05 Å². The largest absolute Gasteiger partial charge is 0.371 e. The van der Waals surface area contributed by atoms with Gasteiger partial charge in [-0.2, -0.15) is 5.48 Å². The van der Waals surface area contributed by atoms with E-state index < -0.39 is 0 Å². The molecule has 1 N–H and O–H groups in total. The van der Waals surface area contributed by atoms with Crippen molar-refractivity contribution in [3.8, 4) is 0 Å². The number of hydrogen-bond donors (Lipinski definition) is 1. The van der Waals surface area contributed by atoms with Crippen molar-refractivity contribution < 1.29 is 9.63 Å². The van der Waals surface area contributed by atoms with Gasteiger partial charge in [-0.15, -0.1) is 0 Å². The van der Waals surface area contributed by atoms with Gasteiger partial charge < -0.3 is 4.84 Å². The van der Waals surface area contributed by atoms with E-state index in [-0.39, 0.29) is 11.9 Å². The molecule has 0 saturated carbocycles. The van der Waals surface area contributed by atoms with E-state index in [0.717, 1.165) is 6.42 Å². The number of carbonyl (C=O) groups excluding carboxylic acids is 1. The highest BCUT2D eigenvalue weighted by molar-refractivity contribution is 5.71. The lowest BCUT2D eigenvalue weighted by Crippen LogP contribution is -2.20. The second kappa shape index (κ2) is 4.32. The molecule has 0 aliphatic carbocycles. The molecular formula is C6H13NO2. The molecule has 1 atom stereocenters. The molecule has 0 aromatic rings. The average molecular weight is 131 g/mol. The maximum atomic E-state index is 10.7. The molecule has 9 heavy (non-hydrogen) atoms. The standard InChI is InChI=1S/C6H13NO2/c1-4-5(2)6(8)9-7-3/h5,7H,4H2,1-3H3. The van der Waals surface area contributed by atoms with Crippen molar-refractivity contribution in [2.24, 2.45) is 5.92 Å². The van der Waals surface area contributed by atoms with Gasteiger partial charge >= 0.3 is 5.97 Å². The second-order valence-corrected chi connectivity index (χ2v) is 1.93. The summed E-state index contributed by atoms with van der Waals surface area (Å²) in [6.07, 6.45) is 0.820. The van der Waals surface area contributed by atoms with Gasteiger partial charge in [0, 0.05) is 7.05 Å². The Bertz CT molecular complexity index is 93.1. The van der Waals surface area contributed by atoms with Crippen molar-refractivity contribution in [2.75, 3.05) is 7.05 Å². The van der Waals surface area contributed by atoms with E-state index in [1.807, 2.05) is 13.8 Å². The lowest BCUT2D eigenvalue weighted by atomic mass is 10.1. The highest BCUT2D eigenvalue weighted by Gasteiger charge is 2.10. The summed E-state index contributed by atoms with van der Waals surface area (Å²) in [4.78, 5) is 15.2. The minimum atomic E-state index is -0.194. The summed E-state index contributed by atoms with van der Waals surface area (Å²) in [5.41, 5.74) is 2.33. The summed E-state index contributed by atoms with van der Waals surface area (Å²) in [5.74, 6) is -0.197. The predicted octanol–water partition coefficient (Wildman–Crippen LogP) is 0.710. The zero-order valence-corrected chi connectivity index (χ0v) is 6.10. The van der Waals surface area contributed by atoms with Crippen LogP contribution in [0.25, 0.3) is 0 Å². The number of nitrogens with one attached hydrogen (secondary N) is 1. The van der Waals surface area contributed by atoms with Crippen LogP contribution >= 0.6 is 0 Å². The molecule has 3 nitrogen and oxygen atoms in total. The fourth-order valence-corrected chi connectivity index (χ4v) is 0.368. The van der Waals surface area contributed by atoms with Crippen LogP contribution < -0.4 is 5.48 Å². The quantitative estimate of drug-likeness (QED) is 0.573. The fourth-order valence-electron chi connectivity index (χ4n) is 0.368. The lowest BCUT2D eigenvalue weighted by Gasteiger charge is -2.05. The van der Waals surface area contributed by atoms with Crippen LogP contribution in [0, 0.1) is 5.92 Å². The topological polar surface area (TPSA) is 38.3 Å². The Kier molecular flexibility index (Phi) is 4.05. The van der Waals surface area contributed by atoms with Gasteiger partial charge in [-0.3, -0.25) is 4.79 Å². The Morgan fingerprint density at radius 3 is 2.67 bits per heavy atom. The van der Waals surface area contributed by atoms with Gasteiger partial charge in [0.05, 0.1) is 5.92 Å². The van der Waals surface area contributed by atoms with Gasteiger partial charge in [-0.1, -0.05) is 13.8 Å². The first kappa shape index (κ1) is 8.43. The van der Waals surface area contributed by atoms with Gasteiger partial charge in [-0.05, 0) is 6.42 Å². The molecule has 0 aromatic carbocycles. The maximum Gasteiger partial charge on any atom is 0.327 e. The first-order valence-electron chi connectivity index (χ1n) is 3.09. The SMILES string of the molecule is CCC(C)C(=O)ONC. The van der Waals surface area contributed by atoms with Gasteiger partial charge in [0.2, 0.25) is 0 Å². The van der Waals surface area contributed by atoms with Crippen LogP contribution in [0.1, 0.15) is 20.3 Å². The lowest BCUT2D eigenvalue weighted by molar-refractivity contribution is -0.154. The zero-order valence-electron chi connectivity index (χ0n) is 6.10. The van der Waals surface area contributed by atoms with Crippen molar-refractivity contribution in [3.05, 3.63) is 0 Å². The Labute approximate surface area is 55.3 Å². The van der Waals surface area contributed by atoms with E-state index in [2.05, 4.69) is 10.3 Å². The van der Waals surface area contributed by atoms with Crippen molar-refractivity contribution in [3.63, 3.8) is 0 Å². The van der Waals surface area contributed by atoms with E-state index in [9.17, 15) is 4.79 Å². The van der Waals surface area contributed by atoms with Crippen molar-refractivity contribution in [1.29, 1.82) is 0 Å². The van der Waals surface area contributed by atoms with E-state index >= 15 is 0 Å². The molecule has 0 aromatic heterocycles. The molecule has 1 unspecified atom stereocenters. The molecule has 0 radical (unpaired) electrons. The minimum absolute atomic E-state index is 0.00236. The summed E-state index contributed by atoms with van der Waals surface area (Å²) >= 11 is 0. The van der Waals surface area contributed by atoms with Crippen molar-refractivity contribution in [2.45, 2.75) is 20.3 Å². The molecule has 3 heteroatoms. The average Bonchev–Trinajstić information content (AvgIpc) is 1.87. The summed E-state index contributed by atoms with van der Waals surface area (Å²) < 4.78 is 0. The summed E-state index contributed by atoms with van der Waals surface area (Å²) in [5, 5.41) is 0. The highest BCUT2D eigenvalue weighted by atomic mass is 16.7. The smallest absolute Gasteiger partial charge is 0.327 e. The van der Waals surface area contributed by atoms with Crippen LogP contribution in [0.2, 0.25) is 0 Å². The van der Waals surface area contributed by atoms with Crippen molar-refractivity contribution in [1.82, 2.24) is 5.48 Å². The first-order chi connectivity index (χ1) is 4.22. The Morgan fingerprint density at radius 2 is 2.33 bits per heavy atom.